The van der Waals surface area contributed by atoms with Crippen molar-refractivity contribution in [3.05, 3.63) is 38.9 Å². The summed E-state index contributed by atoms with van der Waals surface area (Å²) in [5, 5.41) is 13.9. The Labute approximate surface area is 180 Å². The minimum atomic E-state index is -0.583. The molecule has 170 valence electrons. The summed E-state index contributed by atoms with van der Waals surface area (Å²) in [6.07, 6.45) is 1.75. The van der Waals surface area contributed by atoms with E-state index in [2.05, 4.69) is 24.1 Å². The number of oxazole rings is 1. The molecule has 1 amide bonds. The third-order valence-electron chi connectivity index (χ3n) is 5.49. The van der Waals surface area contributed by atoms with E-state index in [1.54, 1.807) is 0 Å². The van der Waals surface area contributed by atoms with Gasteiger partial charge in [-0.25, -0.2) is 4.79 Å². The summed E-state index contributed by atoms with van der Waals surface area (Å²) in [7, 11) is 0. The molecule has 10 heteroatoms. The van der Waals surface area contributed by atoms with E-state index in [4.69, 9.17) is 9.15 Å². The number of carbonyl (C=O) groups excluding carboxylic acids is 1. The molecule has 0 radical (unpaired) electrons. The summed E-state index contributed by atoms with van der Waals surface area (Å²) in [6.45, 7) is 8.45. The number of nitrogens with zero attached hydrogens (tertiary/aromatic N) is 3. The smallest absolute Gasteiger partial charge is 0.407 e. The SMILES string of the molecule is CC(C)CC(CNC(=O)CCCn1c(=O)oc2cc([N+](=O)[O-])ccc21)N1CCOCC1. The van der Waals surface area contributed by atoms with Gasteiger partial charge in [0, 0.05) is 44.7 Å². The first-order chi connectivity index (χ1) is 14.8. The van der Waals surface area contributed by atoms with Crippen LogP contribution in [0.1, 0.15) is 33.1 Å². The molecule has 0 saturated carbocycles. The molecule has 1 aromatic heterocycles. The lowest BCUT2D eigenvalue weighted by molar-refractivity contribution is -0.384. The van der Waals surface area contributed by atoms with Crippen molar-refractivity contribution < 1.29 is 18.9 Å². The average molecular weight is 434 g/mol. The number of amides is 1. The molecule has 0 bridgehead atoms. The van der Waals surface area contributed by atoms with Crippen molar-refractivity contribution in [2.75, 3.05) is 32.8 Å². The van der Waals surface area contributed by atoms with Gasteiger partial charge in [0.05, 0.1) is 29.7 Å². The van der Waals surface area contributed by atoms with Crippen molar-refractivity contribution >= 4 is 22.7 Å². The predicted octanol–water partition coefficient (Wildman–Crippen LogP) is 2.15. The lowest BCUT2D eigenvalue weighted by Gasteiger charge is -2.35. The fourth-order valence-corrected chi connectivity index (χ4v) is 3.95. The van der Waals surface area contributed by atoms with Gasteiger partial charge in [-0.3, -0.25) is 24.4 Å². The normalized spacial score (nSPS) is 16.0. The molecule has 0 aliphatic carbocycles. The Bertz CT molecular complexity index is 960. The van der Waals surface area contributed by atoms with Gasteiger partial charge in [0.2, 0.25) is 5.91 Å². The number of fused-ring (bicyclic) bond motifs is 1. The second kappa shape index (κ2) is 10.5. The lowest BCUT2D eigenvalue weighted by Crippen LogP contribution is -2.49. The quantitative estimate of drug-likeness (QED) is 0.449. The molecule has 2 aromatic rings. The summed E-state index contributed by atoms with van der Waals surface area (Å²) in [4.78, 5) is 37.2. The van der Waals surface area contributed by atoms with E-state index < -0.39 is 10.7 Å². The highest BCUT2D eigenvalue weighted by Crippen LogP contribution is 2.20. The number of carbonyl (C=O) groups is 1. The first kappa shape index (κ1) is 23.0. The zero-order chi connectivity index (χ0) is 22.4. The Morgan fingerprint density at radius 1 is 1.29 bits per heavy atom. The third kappa shape index (κ3) is 6.14. The highest BCUT2D eigenvalue weighted by Gasteiger charge is 2.22. The fraction of sp³-hybridized carbons (Fsp3) is 0.619. The van der Waals surface area contributed by atoms with Gasteiger partial charge in [0.25, 0.3) is 5.69 Å². The van der Waals surface area contributed by atoms with Crippen LogP contribution in [-0.2, 0) is 16.1 Å². The monoisotopic (exact) mass is 434 g/mol. The van der Waals surface area contributed by atoms with Crippen molar-refractivity contribution in [3.8, 4) is 0 Å². The van der Waals surface area contributed by atoms with Crippen LogP contribution >= 0.6 is 0 Å². The number of morpholine rings is 1. The van der Waals surface area contributed by atoms with E-state index in [-0.39, 0.29) is 29.6 Å². The number of nitro benzene ring substituents is 1. The zero-order valence-electron chi connectivity index (χ0n) is 18.0. The van der Waals surface area contributed by atoms with Gasteiger partial charge in [0.1, 0.15) is 0 Å². The maximum Gasteiger partial charge on any atom is 0.419 e. The van der Waals surface area contributed by atoms with Crippen LogP contribution in [0.3, 0.4) is 0 Å². The Balaban J connectivity index is 1.52. The zero-order valence-corrected chi connectivity index (χ0v) is 18.0. The van der Waals surface area contributed by atoms with E-state index in [9.17, 15) is 19.7 Å². The van der Waals surface area contributed by atoms with Crippen LogP contribution in [0.5, 0.6) is 0 Å². The van der Waals surface area contributed by atoms with Crippen molar-refractivity contribution in [1.82, 2.24) is 14.8 Å². The molecular weight excluding hydrogens is 404 g/mol. The topological polar surface area (TPSA) is 120 Å². The van der Waals surface area contributed by atoms with Crippen LogP contribution in [0.2, 0.25) is 0 Å². The predicted molar refractivity (Wildman–Crippen MR) is 115 cm³/mol. The number of rotatable bonds is 10. The minimum absolute atomic E-state index is 0.0569. The van der Waals surface area contributed by atoms with E-state index in [0.717, 1.165) is 32.7 Å². The van der Waals surface area contributed by atoms with Crippen molar-refractivity contribution in [2.45, 2.75) is 45.7 Å². The average Bonchev–Trinajstić information content (AvgIpc) is 3.05. The van der Waals surface area contributed by atoms with Crippen molar-refractivity contribution in [1.29, 1.82) is 0 Å². The summed E-state index contributed by atoms with van der Waals surface area (Å²) in [6, 6.07) is 4.35. The van der Waals surface area contributed by atoms with Crippen molar-refractivity contribution in [2.24, 2.45) is 5.92 Å². The maximum absolute atomic E-state index is 12.4. The number of aromatic nitrogens is 1. The van der Waals surface area contributed by atoms with Crippen LogP contribution < -0.4 is 11.1 Å². The lowest BCUT2D eigenvalue weighted by atomic mass is 10.0. The molecule has 1 fully saturated rings. The highest BCUT2D eigenvalue weighted by molar-refractivity contribution is 5.76. The Kier molecular flexibility index (Phi) is 7.80. The number of ether oxygens (including phenoxy) is 1. The van der Waals surface area contributed by atoms with E-state index in [1.165, 1.54) is 22.8 Å². The molecule has 1 aliphatic heterocycles. The first-order valence-electron chi connectivity index (χ1n) is 10.7. The Morgan fingerprint density at radius 2 is 2.03 bits per heavy atom. The summed E-state index contributed by atoms with van der Waals surface area (Å²) in [5.41, 5.74) is 0.523. The van der Waals surface area contributed by atoms with Crippen LogP contribution in [0.15, 0.2) is 27.4 Å². The van der Waals surface area contributed by atoms with Gasteiger partial charge in [-0.05, 0) is 24.8 Å². The fourth-order valence-electron chi connectivity index (χ4n) is 3.95. The van der Waals surface area contributed by atoms with Crippen molar-refractivity contribution in [3.63, 3.8) is 0 Å². The highest BCUT2D eigenvalue weighted by atomic mass is 16.6. The summed E-state index contributed by atoms with van der Waals surface area (Å²) >= 11 is 0. The number of hydrogen-bond donors (Lipinski definition) is 1. The molecule has 1 N–H and O–H groups in total. The number of nitrogens with one attached hydrogen (secondary N) is 1. The van der Waals surface area contributed by atoms with Crippen LogP contribution in [-0.4, -0.2) is 59.2 Å². The molecule has 1 aromatic carbocycles. The van der Waals surface area contributed by atoms with Gasteiger partial charge >= 0.3 is 5.76 Å². The van der Waals surface area contributed by atoms with E-state index in [0.29, 0.717) is 30.9 Å². The van der Waals surface area contributed by atoms with Crippen LogP contribution in [0, 0.1) is 16.0 Å². The molecule has 2 heterocycles. The largest absolute Gasteiger partial charge is 0.419 e. The number of hydrogen-bond acceptors (Lipinski definition) is 7. The summed E-state index contributed by atoms with van der Waals surface area (Å²) in [5.74, 6) is -0.111. The molecule has 1 saturated heterocycles. The maximum atomic E-state index is 12.4. The first-order valence-corrected chi connectivity index (χ1v) is 10.7. The molecule has 1 aliphatic rings. The number of nitro groups is 1. The van der Waals surface area contributed by atoms with Crippen LogP contribution in [0.4, 0.5) is 5.69 Å². The summed E-state index contributed by atoms with van der Waals surface area (Å²) < 4.78 is 12.0. The second-order valence-electron chi connectivity index (χ2n) is 8.27. The molecule has 0 spiro atoms. The van der Waals surface area contributed by atoms with Gasteiger partial charge < -0.3 is 14.5 Å². The number of non-ortho nitro benzene ring substituents is 1. The van der Waals surface area contributed by atoms with E-state index >= 15 is 0 Å². The van der Waals surface area contributed by atoms with Gasteiger partial charge in [-0.15, -0.1) is 0 Å². The van der Waals surface area contributed by atoms with Gasteiger partial charge in [-0.2, -0.15) is 0 Å². The third-order valence-corrected chi connectivity index (χ3v) is 5.49. The molecule has 3 rings (SSSR count). The second-order valence-corrected chi connectivity index (χ2v) is 8.27. The minimum Gasteiger partial charge on any atom is -0.407 e. The molecule has 31 heavy (non-hydrogen) atoms. The van der Waals surface area contributed by atoms with Gasteiger partial charge in [-0.1, -0.05) is 13.8 Å². The van der Waals surface area contributed by atoms with Gasteiger partial charge in [0.15, 0.2) is 5.58 Å². The van der Waals surface area contributed by atoms with E-state index in [1.807, 2.05) is 0 Å². The van der Waals surface area contributed by atoms with Crippen LogP contribution in [0.25, 0.3) is 11.1 Å². The molecule has 10 nitrogen and oxygen atoms in total. The standard InChI is InChI=1S/C21H30N4O6/c1-15(2)12-17(23-8-10-30-11-9-23)14-22-20(26)4-3-7-24-18-6-5-16(25(28)29)13-19(18)31-21(24)27/h5-6,13,15,17H,3-4,7-12,14H2,1-2H3,(H,22,26). The Hall–Kier alpha value is -2.72. The molecule has 1 unspecified atom stereocenters. The molecule has 1 atom stereocenters. The number of benzene rings is 1. The molecular formula is C21H30N4O6. The Morgan fingerprint density at radius 3 is 2.71 bits per heavy atom. The number of aryl methyl sites for hydroxylation is 1.